The van der Waals surface area contributed by atoms with Gasteiger partial charge in [0.15, 0.2) is 17.5 Å². The van der Waals surface area contributed by atoms with Crippen LogP contribution in [0.5, 0.6) is 17.2 Å². The summed E-state index contributed by atoms with van der Waals surface area (Å²) in [5.41, 5.74) is 1.27. The van der Waals surface area contributed by atoms with Crippen molar-refractivity contribution >= 4 is 29.9 Å². The minimum absolute atomic E-state index is 0. The smallest absolute Gasteiger partial charge is 0.191 e. The van der Waals surface area contributed by atoms with E-state index in [0.29, 0.717) is 23.5 Å². The summed E-state index contributed by atoms with van der Waals surface area (Å²) in [7, 11) is 8.45. The van der Waals surface area contributed by atoms with Crippen LogP contribution in [0.3, 0.4) is 0 Å². The molecule has 2 N–H and O–H groups in total. The van der Waals surface area contributed by atoms with Gasteiger partial charge in [0, 0.05) is 45.5 Å². The highest BCUT2D eigenvalue weighted by Crippen LogP contribution is 2.40. The van der Waals surface area contributed by atoms with Gasteiger partial charge in [-0.1, -0.05) is 12.8 Å². The van der Waals surface area contributed by atoms with E-state index in [9.17, 15) is 0 Å². The van der Waals surface area contributed by atoms with E-state index in [1.54, 1.807) is 35.5 Å². The second-order valence-electron chi connectivity index (χ2n) is 7.25. The molecule has 0 aliphatic heterocycles. The average Bonchev–Trinajstić information content (AvgIpc) is 3.20. The summed E-state index contributed by atoms with van der Waals surface area (Å²) in [5, 5.41) is 6.88. The summed E-state index contributed by atoms with van der Waals surface area (Å²) in [4.78, 5) is 4.37. The van der Waals surface area contributed by atoms with E-state index in [1.807, 2.05) is 12.1 Å². The van der Waals surface area contributed by atoms with Crippen molar-refractivity contribution in [2.75, 3.05) is 48.6 Å². The summed E-state index contributed by atoms with van der Waals surface area (Å²) in [6.07, 6.45) is 6.14. The Hall–Kier alpha value is -1.42. The number of methoxy groups -OCH3 is 4. The summed E-state index contributed by atoms with van der Waals surface area (Å²) in [5.74, 6) is 2.84. The molecular formula is C21H36IN3O4. The van der Waals surface area contributed by atoms with Gasteiger partial charge in [-0.3, -0.25) is 4.99 Å². The first-order valence-electron chi connectivity index (χ1n) is 9.83. The van der Waals surface area contributed by atoms with Crippen LogP contribution < -0.4 is 24.8 Å². The number of rotatable bonds is 10. The second-order valence-corrected chi connectivity index (χ2v) is 7.25. The summed E-state index contributed by atoms with van der Waals surface area (Å²) in [6, 6.07) is 3.76. The highest BCUT2D eigenvalue weighted by molar-refractivity contribution is 14.0. The van der Waals surface area contributed by atoms with E-state index in [0.717, 1.165) is 36.8 Å². The first-order chi connectivity index (χ1) is 13.6. The van der Waals surface area contributed by atoms with Crippen LogP contribution in [-0.2, 0) is 11.3 Å². The molecule has 0 heterocycles. The van der Waals surface area contributed by atoms with Crippen LogP contribution in [0.4, 0.5) is 0 Å². The number of ether oxygens (including phenoxy) is 4. The number of benzene rings is 1. The van der Waals surface area contributed by atoms with Crippen LogP contribution in [0.25, 0.3) is 0 Å². The molecule has 1 saturated carbocycles. The standard InChI is InChI=1S/C21H35N3O4.HI/c1-22-20(24-15-21(10-11-25-2)8-6-7-9-21)23-14-16-12-18(27-4)19(28-5)13-17(16)26-3;/h12-13H,6-11,14-15H2,1-5H3,(H2,22,23,24);1H. The molecule has 1 aromatic rings. The van der Waals surface area contributed by atoms with Gasteiger partial charge in [0.25, 0.3) is 0 Å². The van der Waals surface area contributed by atoms with Crippen molar-refractivity contribution in [1.29, 1.82) is 0 Å². The third kappa shape index (κ3) is 7.09. The molecule has 8 heteroatoms. The van der Waals surface area contributed by atoms with Gasteiger partial charge in [-0.25, -0.2) is 0 Å². The van der Waals surface area contributed by atoms with Crippen LogP contribution in [0.15, 0.2) is 17.1 Å². The molecule has 0 spiro atoms. The average molecular weight is 521 g/mol. The number of nitrogens with one attached hydrogen (secondary N) is 2. The molecule has 2 rings (SSSR count). The Morgan fingerprint density at radius 3 is 2.14 bits per heavy atom. The van der Waals surface area contributed by atoms with Crippen molar-refractivity contribution in [2.24, 2.45) is 10.4 Å². The highest BCUT2D eigenvalue weighted by Gasteiger charge is 2.33. The zero-order valence-electron chi connectivity index (χ0n) is 18.3. The van der Waals surface area contributed by atoms with Crippen LogP contribution >= 0.6 is 24.0 Å². The van der Waals surface area contributed by atoms with E-state index in [2.05, 4.69) is 15.6 Å². The van der Waals surface area contributed by atoms with Crippen molar-refractivity contribution in [2.45, 2.75) is 38.6 Å². The van der Waals surface area contributed by atoms with Crippen molar-refractivity contribution < 1.29 is 18.9 Å². The largest absolute Gasteiger partial charge is 0.496 e. The van der Waals surface area contributed by atoms with Gasteiger partial charge in [0.05, 0.1) is 21.3 Å². The van der Waals surface area contributed by atoms with E-state index < -0.39 is 0 Å². The molecule has 7 nitrogen and oxygen atoms in total. The molecule has 0 bridgehead atoms. The Kier molecular flexibility index (Phi) is 11.5. The molecule has 0 unspecified atom stereocenters. The minimum Gasteiger partial charge on any atom is -0.496 e. The van der Waals surface area contributed by atoms with Crippen LogP contribution in [0.2, 0.25) is 0 Å². The molecule has 1 aliphatic carbocycles. The number of nitrogens with zero attached hydrogens (tertiary/aromatic N) is 1. The van der Waals surface area contributed by atoms with Crippen molar-refractivity contribution in [3.05, 3.63) is 17.7 Å². The summed E-state index contributed by atoms with van der Waals surface area (Å²) < 4.78 is 21.6. The number of halogens is 1. The zero-order valence-corrected chi connectivity index (χ0v) is 20.6. The number of guanidine groups is 1. The van der Waals surface area contributed by atoms with Crippen LogP contribution in [0.1, 0.15) is 37.7 Å². The predicted molar refractivity (Wildman–Crippen MR) is 127 cm³/mol. The third-order valence-electron chi connectivity index (χ3n) is 5.59. The third-order valence-corrected chi connectivity index (χ3v) is 5.59. The Bertz CT molecular complexity index is 649. The Morgan fingerprint density at radius 2 is 1.59 bits per heavy atom. The first-order valence-corrected chi connectivity index (χ1v) is 9.83. The molecule has 1 fully saturated rings. The number of hydrogen-bond donors (Lipinski definition) is 2. The fraction of sp³-hybridized carbons (Fsp3) is 0.667. The van der Waals surface area contributed by atoms with E-state index >= 15 is 0 Å². The summed E-state index contributed by atoms with van der Waals surface area (Å²) >= 11 is 0. The van der Waals surface area contributed by atoms with Crippen molar-refractivity contribution in [1.82, 2.24) is 10.6 Å². The van der Waals surface area contributed by atoms with Gasteiger partial charge in [0.2, 0.25) is 0 Å². The van der Waals surface area contributed by atoms with E-state index in [4.69, 9.17) is 18.9 Å². The zero-order chi connectivity index (χ0) is 20.4. The normalized spacial score (nSPS) is 15.4. The molecule has 0 atom stereocenters. The lowest BCUT2D eigenvalue weighted by Crippen LogP contribution is -2.43. The Labute approximate surface area is 191 Å². The second kappa shape index (κ2) is 13.0. The van der Waals surface area contributed by atoms with Gasteiger partial charge in [0.1, 0.15) is 5.75 Å². The Morgan fingerprint density at radius 1 is 0.966 bits per heavy atom. The maximum absolute atomic E-state index is 5.51. The fourth-order valence-electron chi connectivity index (χ4n) is 3.86. The monoisotopic (exact) mass is 521 g/mol. The van der Waals surface area contributed by atoms with Gasteiger partial charge < -0.3 is 29.6 Å². The lowest BCUT2D eigenvalue weighted by atomic mass is 9.83. The highest BCUT2D eigenvalue weighted by atomic mass is 127. The molecular weight excluding hydrogens is 485 g/mol. The molecule has 0 amide bonds. The van der Waals surface area contributed by atoms with E-state index in [1.165, 1.54) is 25.7 Å². The van der Waals surface area contributed by atoms with Crippen molar-refractivity contribution in [3.8, 4) is 17.2 Å². The summed E-state index contributed by atoms with van der Waals surface area (Å²) in [6.45, 7) is 2.27. The lowest BCUT2D eigenvalue weighted by Gasteiger charge is -2.30. The molecule has 0 aromatic heterocycles. The SMILES string of the molecule is CN=C(NCc1cc(OC)c(OC)cc1OC)NCC1(CCOC)CCCC1.I. The molecule has 166 valence electrons. The van der Waals surface area contributed by atoms with E-state index in [-0.39, 0.29) is 24.0 Å². The first kappa shape index (κ1) is 25.6. The fourth-order valence-corrected chi connectivity index (χ4v) is 3.86. The molecule has 0 saturated heterocycles. The predicted octanol–water partition coefficient (Wildman–Crippen LogP) is 3.59. The number of hydrogen-bond acceptors (Lipinski definition) is 5. The van der Waals surface area contributed by atoms with Crippen LogP contribution in [0, 0.1) is 5.41 Å². The quantitative estimate of drug-likeness (QED) is 0.279. The van der Waals surface area contributed by atoms with Gasteiger partial charge in [-0.05, 0) is 30.7 Å². The number of aliphatic imine (C=N–C) groups is 1. The maximum Gasteiger partial charge on any atom is 0.191 e. The lowest BCUT2D eigenvalue weighted by molar-refractivity contribution is 0.138. The molecule has 29 heavy (non-hydrogen) atoms. The minimum atomic E-state index is 0. The van der Waals surface area contributed by atoms with Gasteiger partial charge >= 0.3 is 0 Å². The van der Waals surface area contributed by atoms with Gasteiger partial charge in [-0.2, -0.15) is 0 Å². The molecule has 1 aromatic carbocycles. The molecule has 0 radical (unpaired) electrons. The Balaban J connectivity index is 0.00000420. The van der Waals surface area contributed by atoms with Gasteiger partial charge in [-0.15, -0.1) is 24.0 Å². The van der Waals surface area contributed by atoms with Crippen molar-refractivity contribution in [3.63, 3.8) is 0 Å². The van der Waals surface area contributed by atoms with Crippen LogP contribution in [-0.4, -0.2) is 54.6 Å². The topological polar surface area (TPSA) is 73.3 Å². The maximum atomic E-state index is 5.51. The molecule has 1 aliphatic rings.